The summed E-state index contributed by atoms with van der Waals surface area (Å²) >= 11 is -1.52. The van der Waals surface area contributed by atoms with Crippen LogP contribution in [-0.4, -0.2) is 45.7 Å². The van der Waals surface area contributed by atoms with Gasteiger partial charge < -0.3 is 14.6 Å². The summed E-state index contributed by atoms with van der Waals surface area (Å²) in [6.07, 6.45) is 3.78. The minimum absolute atomic E-state index is 0.0266. The molecule has 5 aromatic rings. The van der Waals surface area contributed by atoms with Gasteiger partial charge in [-0.15, -0.1) is 5.10 Å². The molecular formula is C20H13F3N8O2S. The van der Waals surface area contributed by atoms with Crippen molar-refractivity contribution >= 4 is 44.7 Å². The lowest BCUT2D eigenvalue weighted by molar-refractivity contribution is 0.410. The zero-order valence-electron chi connectivity index (χ0n) is 17.5. The molecule has 14 heteroatoms. The van der Waals surface area contributed by atoms with Gasteiger partial charge >= 0.3 is 5.16 Å². The normalized spacial score (nSPS) is 12.3. The molecule has 0 spiro atoms. The van der Waals surface area contributed by atoms with E-state index in [-0.39, 0.29) is 27.8 Å². The summed E-state index contributed by atoms with van der Waals surface area (Å²) in [6, 6.07) is 5.29. The van der Waals surface area contributed by atoms with Crippen LogP contribution in [0.3, 0.4) is 0 Å². The van der Waals surface area contributed by atoms with Crippen LogP contribution < -0.4 is 10.1 Å². The van der Waals surface area contributed by atoms with E-state index in [0.717, 1.165) is 6.33 Å². The molecule has 0 saturated heterocycles. The van der Waals surface area contributed by atoms with E-state index in [0.29, 0.717) is 17.1 Å². The zero-order valence-corrected chi connectivity index (χ0v) is 18.3. The number of aryl methyl sites for hydroxylation is 1. The third-order valence-electron chi connectivity index (χ3n) is 4.79. The lowest BCUT2D eigenvalue weighted by atomic mass is 10.2. The van der Waals surface area contributed by atoms with Crippen LogP contribution >= 0.6 is 0 Å². The second-order valence-electron chi connectivity index (χ2n) is 7.01. The molecule has 0 bridgehead atoms. The topological polar surface area (TPSA) is 127 Å². The van der Waals surface area contributed by atoms with E-state index < -0.39 is 40.1 Å². The number of hydrogen-bond donors (Lipinski definition) is 1. The molecule has 3 aromatic heterocycles. The summed E-state index contributed by atoms with van der Waals surface area (Å²) in [5, 5.41) is 10.1. The third-order valence-corrected chi connectivity index (χ3v) is 5.50. The van der Waals surface area contributed by atoms with Crippen LogP contribution in [0.5, 0.6) is 11.5 Å². The largest absolute Gasteiger partial charge is 0.609 e. The van der Waals surface area contributed by atoms with E-state index in [1.54, 1.807) is 13.1 Å². The molecule has 1 N–H and O–H groups in total. The molecule has 1 atom stereocenters. The quantitative estimate of drug-likeness (QED) is 0.226. The van der Waals surface area contributed by atoms with Gasteiger partial charge in [0.05, 0.1) is 11.7 Å². The number of halogens is 3. The lowest BCUT2D eigenvalue weighted by Gasteiger charge is -2.13. The minimum Gasteiger partial charge on any atom is -0.609 e. The number of hydrogen-bond acceptors (Lipinski definition) is 9. The maximum absolute atomic E-state index is 14.9. The standard InChI is InChI=1S/C20H13F3N8O2S/c1-31-13-4-3-9(5-11(13)29-30-31)33-14-6-10(21)17(16(23)15(14)22)27-19-18-12(25-8-26-19)7-24-20(28-18)34(2)32/h3-8H,1-2H3,(H,25,26,27). The van der Waals surface area contributed by atoms with Crippen LogP contribution in [0.25, 0.3) is 22.1 Å². The van der Waals surface area contributed by atoms with E-state index in [4.69, 9.17) is 4.74 Å². The molecule has 0 aliphatic carbocycles. The van der Waals surface area contributed by atoms with Gasteiger partial charge in [0.25, 0.3) is 0 Å². The van der Waals surface area contributed by atoms with Gasteiger partial charge in [0.15, 0.2) is 23.2 Å². The summed E-state index contributed by atoms with van der Waals surface area (Å²) in [7, 11) is 1.70. The van der Waals surface area contributed by atoms with Gasteiger partial charge in [0, 0.05) is 30.4 Å². The number of fused-ring (bicyclic) bond motifs is 2. The fourth-order valence-electron chi connectivity index (χ4n) is 3.16. The first-order valence-corrected chi connectivity index (χ1v) is 11.1. The molecule has 0 saturated carbocycles. The van der Waals surface area contributed by atoms with E-state index in [9.17, 15) is 17.7 Å². The van der Waals surface area contributed by atoms with Crippen molar-refractivity contribution < 1.29 is 22.5 Å². The Morgan fingerprint density at radius 2 is 1.88 bits per heavy atom. The molecule has 34 heavy (non-hydrogen) atoms. The molecular weight excluding hydrogens is 473 g/mol. The van der Waals surface area contributed by atoms with Gasteiger partial charge in [-0.05, 0) is 12.1 Å². The number of nitrogens with zero attached hydrogens (tertiary/aromatic N) is 7. The SMILES string of the molecule is Cn1nnc2cc(Oc3cc(F)c(Nc4ncnc5cnc([S+](C)[O-])nc45)c(F)c3F)ccc21. The van der Waals surface area contributed by atoms with Gasteiger partial charge in [-0.2, -0.15) is 14.4 Å². The minimum atomic E-state index is -1.53. The van der Waals surface area contributed by atoms with Crippen molar-refractivity contribution in [1.82, 2.24) is 34.9 Å². The molecule has 10 nitrogen and oxygen atoms in total. The van der Waals surface area contributed by atoms with Crippen molar-refractivity contribution in [2.45, 2.75) is 5.16 Å². The molecule has 0 fully saturated rings. The maximum atomic E-state index is 14.9. The van der Waals surface area contributed by atoms with Gasteiger partial charge in [0.1, 0.15) is 40.6 Å². The molecule has 2 aromatic carbocycles. The number of anilines is 2. The number of rotatable bonds is 5. The van der Waals surface area contributed by atoms with Crippen molar-refractivity contribution in [2.75, 3.05) is 11.6 Å². The highest BCUT2D eigenvalue weighted by atomic mass is 32.2. The maximum Gasteiger partial charge on any atom is 0.343 e. The first-order chi connectivity index (χ1) is 16.3. The van der Waals surface area contributed by atoms with E-state index >= 15 is 0 Å². The summed E-state index contributed by atoms with van der Waals surface area (Å²) in [5.74, 6) is -4.78. The van der Waals surface area contributed by atoms with Crippen molar-refractivity contribution in [3.8, 4) is 11.5 Å². The number of nitrogens with one attached hydrogen (secondary N) is 1. The molecule has 1 unspecified atom stereocenters. The summed E-state index contributed by atoms with van der Waals surface area (Å²) in [4.78, 5) is 15.9. The van der Waals surface area contributed by atoms with Gasteiger partial charge in [0.2, 0.25) is 5.82 Å². The van der Waals surface area contributed by atoms with Crippen molar-refractivity contribution in [3.63, 3.8) is 0 Å². The predicted octanol–water partition coefficient (Wildman–Crippen LogP) is 3.39. The van der Waals surface area contributed by atoms with Gasteiger partial charge in [-0.1, -0.05) is 5.21 Å². The number of aromatic nitrogens is 7. The lowest BCUT2D eigenvalue weighted by Crippen LogP contribution is -2.08. The molecule has 0 radical (unpaired) electrons. The summed E-state index contributed by atoms with van der Waals surface area (Å²) < 4.78 is 63.1. The second kappa shape index (κ2) is 8.39. The fourth-order valence-corrected chi connectivity index (χ4v) is 3.58. The van der Waals surface area contributed by atoms with Crippen LogP contribution in [0.15, 0.2) is 41.9 Å². The van der Waals surface area contributed by atoms with E-state index in [1.165, 1.54) is 29.3 Å². The Bertz CT molecular complexity index is 1560. The molecule has 0 aliphatic heterocycles. The highest BCUT2D eigenvalue weighted by molar-refractivity contribution is 7.90. The van der Waals surface area contributed by atoms with Crippen LogP contribution in [0.4, 0.5) is 24.7 Å². The molecule has 0 aliphatic rings. The average Bonchev–Trinajstić information content (AvgIpc) is 3.19. The predicted molar refractivity (Wildman–Crippen MR) is 116 cm³/mol. The number of benzene rings is 2. The Kier molecular flexibility index (Phi) is 5.37. The van der Waals surface area contributed by atoms with Crippen LogP contribution in [0.2, 0.25) is 0 Å². The van der Waals surface area contributed by atoms with Gasteiger partial charge in [-0.25, -0.2) is 23.4 Å². The Labute approximate surface area is 192 Å². The van der Waals surface area contributed by atoms with Crippen molar-refractivity contribution in [2.24, 2.45) is 7.05 Å². The van der Waals surface area contributed by atoms with Gasteiger partial charge in [-0.3, -0.25) is 0 Å². The summed E-state index contributed by atoms with van der Waals surface area (Å²) in [6.45, 7) is 0. The van der Waals surface area contributed by atoms with E-state index in [1.807, 2.05) is 0 Å². The highest BCUT2D eigenvalue weighted by Gasteiger charge is 2.23. The van der Waals surface area contributed by atoms with E-state index in [2.05, 4.69) is 35.6 Å². The number of ether oxygens (including phenoxy) is 1. The van der Waals surface area contributed by atoms with Crippen molar-refractivity contribution in [3.05, 3.63) is 54.2 Å². The monoisotopic (exact) mass is 486 g/mol. The van der Waals surface area contributed by atoms with Crippen LogP contribution in [0, 0.1) is 17.5 Å². The highest BCUT2D eigenvalue weighted by Crippen LogP contribution is 2.35. The average molecular weight is 486 g/mol. The van der Waals surface area contributed by atoms with Crippen LogP contribution in [-0.2, 0) is 18.2 Å². The molecule has 3 heterocycles. The first kappa shape index (κ1) is 21.8. The van der Waals surface area contributed by atoms with Crippen LogP contribution in [0.1, 0.15) is 0 Å². The van der Waals surface area contributed by atoms with Crippen molar-refractivity contribution in [1.29, 1.82) is 0 Å². The zero-order chi connectivity index (χ0) is 24.0. The Morgan fingerprint density at radius 1 is 1.06 bits per heavy atom. The smallest absolute Gasteiger partial charge is 0.343 e. The Morgan fingerprint density at radius 3 is 2.68 bits per heavy atom. The third kappa shape index (κ3) is 3.82. The summed E-state index contributed by atoms with van der Waals surface area (Å²) in [5.41, 5.74) is 0.629. The second-order valence-corrected chi connectivity index (χ2v) is 8.29. The molecule has 0 amide bonds. The Hall–Kier alpha value is -4.04. The first-order valence-electron chi connectivity index (χ1n) is 9.55. The molecule has 5 rings (SSSR count). The molecule has 172 valence electrons. The fraction of sp³-hybridized carbons (Fsp3) is 0.100. The Balaban J connectivity index is 1.50.